The SMILES string of the molecule is CCc1ccc(Oc2cc(N)c3c(c2N)C(=O)c2c(N)c(Br)cc(N)c2C3=O)cc1. The molecule has 4 rings (SSSR count). The zero-order valence-corrected chi connectivity index (χ0v) is 17.7. The van der Waals surface area contributed by atoms with Crippen molar-refractivity contribution in [1.82, 2.24) is 0 Å². The van der Waals surface area contributed by atoms with Crippen molar-refractivity contribution < 1.29 is 14.3 Å². The number of carbonyl (C=O) groups excluding carboxylic acids is 2. The molecule has 30 heavy (non-hydrogen) atoms. The largest absolute Gasteiger partial charge is 0.455 e. The van der Waals surface area contributed by atoms with Crippen LogP contribution in [0.15, 0.2) is 40.9 Å². The molecule has 0 aromatic heterocycles. The molecule has 7 nitrogen and oxygen atoms in total. The van der Waals surface area contributed by atoms with Gasteiger partial charge >= 0.3 is 0 Å². The highest BCUT2D eigenvalue weighted by Gasteiger charge is 2.38. The molecule has 0 fully saturated rings. The Morgan fingerprint density at radius 1 is 0.800 bits per heavy atom. The maximum Gasteiger partial charge on any atom is 0.199 e. The van der Waals surface area contributed by atoms with Gasteiger partial charge in [0, 0.05) is 21.9 Å². The third-order valence-corrected chi connectivity index (χ3v) is 5.83. The molecule has 0 radical (unpaired) electrons. The summed E-state index contributed by atoms with van der Waals surface area (Å²) in [6.45, 7) is 2.05. The predicted octanol–water partition coefficient (Wildman–Crippen LogP) is 3.91. The Kier molecular flexibility index (Phi) is 4.66. The van der Waals surface area contributed by atoms with Gasteiger partial charge in [-0.3, -0.25) is 9.59 Å². The van der Waals surface area contributed by atoms with Crippen molar-refractivity contribution in [3.8, 4) is 11.5 Å². The summed E-state index contributed by atoms with van der Waals surface area (Å²) in [7, 11) is 0. The van der Waals surface area contributed by atoms with Gasteiger partial charge in [0.2, 0.25) is 0 Å². The fourth-order valence-electron chi connectivity index (χ4n) is 3.59. The zero-order valence-electron chi connectivity index (χ0n) is 16.1. The molecular weight excluding hydrogens is 448 g/mol. The molecule has 152 valence electrons. The number of ketones is 2. The summed E-state index contributed by atoms with van der Waals surface area (Å²) in [4.78, 5) is 26.5. The fraction of sp³-hybridized carbons (Fsp3) is 0.0909. The van der Waals surface area contributed by atoms with Crippen molar-refractivity contribution in [3.63, 3.8) is 0 Å². The Morgan fingerprint density at radius 3 is 1.93 bits per heavy atom. The molecule has 8 N–H and O–H groups in total. The summed E-state index contributed by atoms with van der Waals surface area (Å²) in [6.07, 6.45) is 0.893. The van der Waals surface area contributed by atoms with Crippen molar-refractivity contribution in [3.05, 3.63) is 68.7 Å². The van der Waals surface area contributed by atoms with Crippen LogP contribution in [0.4, 0.5) is 22.7 Å². The molecule has 0 amide bonds. The summed E-state index contributed by atoms with van der Waals surface area (Å²) in [5.74, 6) is -0.318. The van der Waals surface area contributed by atoms with E-state index < -0.39 is 11.6 Å². The minimum atomic E-state index is -0.527. The molecule has 8 heteroatoms. The quantitative estimate of drug-likeness (QED) is 0.334. The van der Waals surface area contributed by atoms with Gasteiger partial charge in [-0.05, 0) is 46.1 Å². The Hall–Kier alpha value is -3.52. The van der Waals surface area contributed by atoms with Gasteiger partial charge in [0.05, 0.1) is 33.6 Å². The summed E-state index contributed by atoms with van der Waals surface area (Å²) >= 11 is 3.27. The van der Waals surface area contributed by atoms with E-state index in [1.54, 1.807) is 12.1 Å². The number of halogens is 1. The van der Waals surface area contributed by atoms with Gasteiger partial charge < -0.3 is 27.7 Å². The highest BCUT2D eigenvalue weighted by molar-refractivity contribution is 9.10. The number of nitrogens with two attached hydrogens (primary N) is 4. The highest BCUT2D eigenvalue weighted by atomic mass is 79.9. The monoisotopic (exact) mass is 466 g/mol. The topological polar surface area (TPSA) is 147 Å². The Labute approximate surface area is 181 Å². The number of benzene rings is 3. The first-order chi connectivity index (χ1) is 14.2. The van der Waals surface area contributed by atoms with Crippen LogP contribution >= 0.6 is 15.9 Å². The molecule has 0 heterocycles. The van der Waals surface area contributed by atoms with Crippen LogP contribution in [-0.4, -0.2) is 11.6 Å². The normalized spacial score (nSPS) is 12.5. The van der Waals surface area contributed by atoms with E-state index in [0.29, 0.717) is 10.2 Å². The van der Waals surface area contributed by atoms with Crippen molar-refractivity contribution in [2.24, 2.45) is 0 Å². The number of fused-ring (bicyclic) bond motifs is 2. The van der Waals surface area contributed by atoms with Gasteiger partial charge in [-0.1, -0.05) is 19.1 Å². The highest BCUT2D eigenvalue weighted by Crippen LogP contribution is 2.44. The van der Waals surface area contributed by atoms with Crippen molar-refractivity contribution in [2.45, 2.75) is 13.3 Å². The Bertz CT molecular complexity index is 1240. The van der Waals surface area contributed by atoms with Crippen LogP contribution in [-0.2, 0) is 6.42 Å². The van der Waals surface area contributed by atoms with Crippen LogP contribution < -0.4 is 27.7 Å². The minimum Gasteiger partial charge on any atom is -0.455 e. The third kappa shape index (κ3) is 2.88. The molecular formula is C22H19BrN4O3. The first kappa shape index (κ1) is 19.8. The van der Waals surface area contributed by atoms with E-state index >= 15 is 0 Å². The lowest BCUT2D eigenvalue weighted by atomic mass is 9.80. The first-order valence-corrected chi connectivity index (χ1v) is 9.99. The van der Waals surface area contributed by atoms with Crippen molar-refractivity contribution in [2.75, 3.05) is 22.9 Å². The average molecular weight is 467 g/mol. The van der Waals surface area contributed by atoms with E-state index in [-0.39, 0.29) is 50.8 Å². The summed E-state index contributed by atoms with van der Waals surface area (Å²) in [6, 6.07) is 10.4. The molecule has 0 aliphatic heterocycles. The number of hydrogen-bond donors (Lipinski definition) is 4. The van der Waals surface area contributed by atoms with Gasteiger partial charge in [-0.25, -0.2) is 0 Å². The van der Waals surface area contributed by atoms with Gasteiger partial charge in [0.1, 0.15) is 5.75 Å². The minimum absolute atomic E-state index is 0.00658. The standard InChI is InChI=1S/C22H19BrN4O3/c1-2-9-3-5-10(6-4-9)30-14-8-13(25)16-18(20(14)27)22(29)17-15(21(16)28)12(24)7-11(23)19(17)26/h3-8H,2,24-27H2,1H3. The number of hydrogen-bond acceptors (Lipinski definition) is 7. The second kappa shape index (κ2) is 7.07. The van der Waals surface area contributed by atoms with Gasteiger partial charge in [0.25, 0.3) is 0 Å². The van der Waals surface area contributed by atoms with Crippen molar-refractivity contribution in [1.29, 1.82) is 0 Å². The van der Waals surface area contributed by atoms with Crippen LogP contribution in [0, 0.1) is 0 Å². The number of ether oxygens (including phenoxy) is 1. The summed E-state index contributed by atoms with van der Waals surface area (Å²) in [5.41, 5.74) is 26.0. The molecule has 0 bridgehead atoms. The lowest BCUT2D eigenvalue weighted by Gasteiger charge is -2.24. The maximum absolute atomic E-state index is 13.3. The molecule has 0 spiro atoms. The van der Waals surface area contributed by atoms with E-state index in [1.165, 1.54) is 12.1 Å². The molecule has 1 aliphatic carbocycles. The molecule has 1 aliphatic rings. The molecule has 0 unspecified atom stereocenters. The number of anilines is 4. The van der Waals surface area contributed by atoms with E-state index in [2.05, 4.69) is 22.9 Å². The smallest absolute Gasteiger partial charge is 0.199 e. The molecule has 3 aromatic rings. The second-order valence-electron chi connectivity index (χ2n) is 7.00. The molecule has 3 aromatic carbocycles. The van der Waals surface area contributed by atoms with Gasteiger partial charge in [-0.2, -0.15) is 0 Å². The third-order valence-electron chi connectivity index (χ3n) is 5.18. The number of rotatable bonds is 3. The van der Waals surface area contributed by atoms with E-state index in [0.717, 1.165) is 12.0 Å². The summed E-state index contributed by atoms with van der Waals surface area (Å²) < 4.78 is 6.29. The van der Waals surface area contributed by atoms with Crippen LogP contribution in [0.2, 0.25) is 0 Å². The van der Waals surface area contributed by atoms with Crippen molar-refractivity contribution >= 4 is 50.2 Å². The van der Waals surface area contributed by atoms with E-state index in [1.807, 2.05) is 12.1 Å². The molecule has 0 atom stereocenters. The van der Waals surface area contributed by atoms with Crippen LogP contribution in [0.5, 0.6) is 11.5 Å². The first-order valence-electron chi connectivity index (χ1n) is 9.20. The Balaban J connectivity index is 1.88. The van der Waals surface area contributed by atoms with Gasteiger partial charge in [-0.15, -0.1) is 0 Å². The Morgan fingerprint density at radius 2 is 1.33 bits per heavy atom. The number of carbonyl (C=O) groups is 2. The van der Waals surface area contributed by atoms with Crippen LogP contribution in [0.25, 0.3) is 0 Å². The van der Waals surface area contributed by atoms with Crippen LogP contribution in [0.3, 0.4) is 0 Å². The zero-order chi connectivity index (χ0) is 21.7. The van der Waals surface area contributed by atoms with Crippen LogP contribution in [0.1, 0.15) is 44.3 Å². The van der Waals surface area contributed by atoms with E-state index in [4.69, 9.17) is 27.7 Å². The molecule has 0 saturated heterocycles. The second-order valence-corrected chi connectivity index (χ2v) is 7.85. The maximum atomic E-state index is 13.3. The summed E-state index contributed by atoms with van der Waals surface area (Å²) in [5, 5.41) is 0. The number of aryl methyl sites for hydroxylation is 1. The fourth-order valence-corrected chi connectivity index (χ4v) is 4.04. The predicted molar refractivity (Wildman–Crippen MR) is 121 cm³/mol. The average Bonchev–Trinajstić information content (AvgIpc) is 2.71. The van der Waals surface area contributed by atoms with E-state index in [9.17, 15) is 9.59 Å². The molecule has 0 saturated carbocycles. The van der Waals surface area contributed by atoms with Gasteiger partial charge in [0.15, 0.2) is 17.3 Å². The lowest BCUT2D eigenvalue weighted by Crippen LogP contribution is -2.26. The lowest BCUT2D eigenvalue weighted by molar-refractivity contribution is 0.0981. The number of nitrogen functional groups attached to an aromatic ring is 4.